The molecule has 2 heteroatoms. The van der Waals surface area contributed by atoms with Crippen molar-refractivity contribution in [2.45, 2.75) is 39.0 Å². The van der Waals surface area contributed by atoms with Gasteiger partial charge in [-0.25, -0.2) is 8.78 Å². The van der Waals surface area contributed by atoms with E-state index in [1.54, 1.807) is 12.1 Å². The highest BCUT2D eigenvalue weighted by Gasteiger charge is 2.25. The van der Waals surface area contributed by atoms with Crippen molar-refractivity contribution in [3.63, 3.8) is 0 Å². The second kappa shape index (κ2) is 3.34. The SMILES string of the molecule is CC(C)(C)c1cccc(C(C)(F)F)c1. The third kappa shape index (κ3) is 2.53. The van der Waals surface area contributed by atoms with E-state index in [4.69, 9.17) is 0 Å². The molecule has 1 aromatic rings. The minimum atomic E-state index is -2.75. The van der Waals surface area contributed by atoms with E-state index in [1.807, 2.05) is 26.8 Å². The van der Waals surface area contributed by atoms with Crippen LogP contribution >= 0.6 is 0 Å². The van der Waals surface area contributed by atoms with Gasteiger partial charge < -0.3 is 0 Å². The molecule has 0 aliphatic carbocycles. The van der Waals surface area contributed by atoms with Crippen molar-refractivity contribution in [3.05, 3.63) is 35.4 Å². The van der Waals surface area contributed by atoms with Crippen LogP contribution in [0.4, 0.5) is 8.78 Å². The summed E-state index contributed by atoms with van der Waals surface area (Å²) in [6.45, 7) is 6.97. The molecular weight excluding hydrogens is 182 g/mol. The number of hydrogen-bond donors (Lipinski definition) is 0. The van der Waals surface area contributed by atoms with E-state index in [1.165, 1.54) is 6.07 Å². The van der Waals surface area contributed by atoms with Gasteiger partial charge in [0, 0.05) is 12.5 Å². The molecule has 0 nitrogen and oxygen atoms in total. The lowest BCUT2D eigenvalue weighted by Gasteiger charge is -2.21. The number of rotatable bonds is 1. The van der Waals surface area contributed by atoms with Crippen LogP contribution in [0.5, 0.6) is 0 Å². The maximum absolute atomic E-state index is 13.0. The number of hydrogen-bond acceptors (Lipinski definition) is 0. The molecule has 0 aliphatic rings. The van der Waals surface area contributed by atoms with Gasteiger partial charge in [0.25, 0.3) is 5.92 Å². The van der Waals surface area contributed by atoms with Gasteiger partial charge in [0.2, 0.25) is 0 Å². The zero-order valence-electron chi connectivity index (χ0n) is 9.07. The minimum absolute atomic E-state index is 0.0821. The van der Waals surface area contributed by atoms with Gasteiger partial charge in [-0.05, 0) is 17.0 Å². The van der Waals surface area contributed by atoms with Gasteiger partial charge in [0.15, 0.2) is 0 Å². The maximum atomic E-state index is 13.0. The fraction of sp³-hybridized carbons (Fsp3) is 0.500. The van der Waals surface area contributed by atoms with Crippen molar-refractivity contribution < 1.29 is 8.78 Å². The van der Waals surface area contributed by atoms with E-state index in [2.05, 4.69) is 0 Å². The van der Waals surface area contributed by atoms with Crippen LogP contribution < -0.4 is 0 Å². The average Bonchev–Trinajstić information content (AvgIpc) is 2.01. The van der Waals surface area contributed by atoms with Crippen molar-refractivity contribution in [1.29, 1.82) is 0 Å². The van der Waals surface area contributed by atoms with Crippen LogP contribution in [0.25, 0.3) is 0 Å². The molecule has 1 rings (SSSR count). The van der Waals surface area contributed by atoms with E-state index in [0.717, 1.165) is 12.5 Å². The van der Waals surface area contributed by atoms with Gasteiger partial charge in [0.05, 0.1) is 0 Å². The highest BCUT2D eigenvalue weighted by Crippen LogP contribution is 2.30. The predicted octanol–water partition coefficient (Wildman–Crippen LogP) is 4.10. The summed E-state index contributed by atoms with van der Waals surface area (Å²) in [5.41, 5.74) is 0.947. The van der Waals surface area contributed by atoms with Crippen LogP contribution in [-0.4, -0.2) is 0 Å². The molecule has 0 unspecified atom stereocenters. The first kappa shape index (κ1) is 11.2. The minimum Gasteiger partial charge on any atom is -0.202 e. The summed E-state index contributed by atoms with van der Waals surface area (Å²) in [5.74, 6) is -2.75. The smallest absolute Gasteiger partial charge is 0.202 e. The maximum Gasteiger partial charge on any atom is 0.270 e. The fourth-order valence-electron chi connectivity index (χ4n) is 1.26. The summed E-state index contributed by atoms with van der Waals surface area (Å²) in [6, 6.07) is 6.62. The fourth-order valence-corrected chi connectivity index (χ4v) is 1.26. The summed E-state index contributed by atoms with van der Waals surface area (Å²) in [5, 5.41) is 0. The summed E-state index contributed by atoms with van der Waals surface area (Å²) in [4.78, 5) is 0. The topological polar surface area (TPSA) is 0 Å². The van der Waals surface area contributed by atoms with Crippen LogP contribution in [-0.2, 0) is 11.3 Å². The predicted molar refractivity (Wildman–Crippen MR) is 54.7 cm³/mol. The monoisotopic (exact) mass is 198 g/mol. The molecular formula is C12H16F2. The Hall–Kier alpha value is -0.920. The largest absolute Gasteiger partial charge is 0.270 e. The van der Waals surface area contributed by atoms with Gasteiger partial charge in [0.1, 0.15) is 0 Å². The Morgan fingerprint density at radius 1 is 0.929 bits per heavy atom. The van der Waals surface area contributed by atoms with Crippen molar-refractivity contribution in [3.8, 4) is 0 Å². The van der Waals surface area contributed by atoms with Crippen molar-refractivity contribution >= 4 is 0 Å². The Bertz CT molecular complexity index is 287. The Balaban J connectivity index is 3.15. The number of halogens is 2. The highest BCUT2D eigenvalue weighted by molar-refractivity contribution is 5.30. The summed E-state index contributed by atoms with van der Waals surface area (Å²) >= 11 is 0. The van der Waals surface area contributed by atoms with E-state index in [0.29, 0.717) is 0 Å². The van der Waals surface area contributed by atoms with E-state index in [-0.39, 0.29) is 11.0 Å². The third-order valence-corrected chi connectivity index (χ3v) is 2.24. The van der Waals surface area contributed by atoms with Gasteiger partial charge in [-0.2, -0.15) is 0 Å². The number of alkyl halides is 2. The normalized spacial score (nSPS) is 13.0. The Labute approximate surface area is 84.0 Å². The third-order valence-electron chi connectivity index (χ3n) is 2.24. The molecule has 0 saturated carbocycles. The zero-order chi connectivity index (χ0) is 11.0. The Morgan fingerprint density at radius 2 is 1.43 bits per heavy atom. The molecule has 0 aromatic heterocycles. The van der Waals surface area contributed by atoms with Crippen LogP contribution in [0.2, 0.25) is 0 Å². The van der Waals surface area contributed by atoms with Crippen LogP contribution in [0, 0.1) is 0 Å². The molecule has 0 heterocycles. The Kier molecular flexibility index (Phi) is 2.66. The molecule has 0 atom stereocenters. The van der Waals surface area contributed by atoms with Crippen molar-refractivity contribution in [1.82, 2.24) is 0 Å². The van der Waals surface area contributed by atoms with E-state index in [9.17, 15) is 8.78 Å². The van der Waals surface area contributed by atoms with Crippen LogP contribution in [0.15, 0.2) is 24.3 Å². The Morgan fingerprint density at radius 3 is 1.86 bits per heavy atom. The molecule has 0 aliphatic heterocycles. The molecule has 0 fully saturated rings. The average molecular weight is 198 g/mol. The van der Waals surface area contributed by atoms with E-state index >= 15 is 0 Å². The zero-order valence-corrected chi connectivity index (χ0v) is 9.07. The number of benzene rings is 1. The molecule has 0 bridgehead atoms. The van der Waals surface area contributed by atoms with Crippen molar-refractivity contribution in [2.75, 3.05) is 0 Å². The lowest BCUT2D eigenvalue weighted by molar-refractivity contribution is 0.0173. The molecule has 78 valence electrons. The molecule has 1 aromatic carbocycles. The van der Waals surface area contributed by atoms with E-state index < -0.39 is 5.92 Å². The van der Waals surface area contributed by atoms with Gasteiger partial charge >= 0.3 is 0 Å². The lowest BCUT2D eigenvalue weighted by atomic mass is 9.86. The molecule has 0 amide bonds. The van der Waals surface area contributed by atoms with Crippen molar-refractivity contribution in [2.24, 2.45) is 0 Å². The molecule has 0 saturated heterocycles. The summed E-state index contributed by atoms with van der Waals surface area (Å²) in [7, 11) is 0. The molecule has 0 spiro atoms. The molecule has 0 N–H and O–H groups in total. The summed E-state index contributed by atoms with van der Waals surface area (Å²) < 4.78 is 26.0. The first-order chi connectivity index (χ1) is 6.21. The first-order valence-electron chi connectivity index (χ1n) is 4.70. The second-order valence-corrected chi connectivity index (χ2v) is 4.72. The van der Waals surface area contributed by atoms with Gasteiger partial charge in [-0.1, -0.05) is 39.0 Å². The quantitative estimate of drug-likeness (QED) is 0.637. The van der Waals surface area contributed by atoms with Gasteiger partial charge in [-0.15, -0.1) is 0 Å². The lowest BCUT2D eigenvalue weighted by Crippen LogP contribution is -2.14. The molecule has 14 heavy (non-hydrogen) atoms. The second-order valence-electron chi connectivity index (χ2n) is 4.72. The van der Waals surface area contributed by atoms with Gasteiger partial charge in [-0.3, -0.25) is 0 Å². The highest BCUT2D eigenvalue weighted by atomic mass is 19.3. The van der Waals surface area contributed by atoms with Crippen LogP contribution in [0.3, 0.4) is 0 Å². The summed E-state index contributed by atoms with van der Waals surface area (Å²) in [6.07, 6.45) is 0. The standard InChI is InChI=1S/C12H16F2/c1-11(2,3)9-6-5-7-10(8-9)12(4,13)14/h5-8H,1-4H3. The molecule has 0 radical (unpaired) electrons. The first-order valence-corrected chi connectivity index (χ1v) is 4.70. The van der Waals surface area contributed by atoms with Crippen LogP contribution in [0.1, 0.15) is 38.8 Å².